The molecule has 70 valence electrons. The fourth-order valence-electron chi connectivity index (χ4n) is 0.528. The number of amides is 1. The van der Waals surface area contributed by atoms with Crippen molar-refractivity contribution in [3.63, 3.8) is 0 Å². The summed E-state index contributed by atoms with van der Waals surface area (Å²) in [4.78, 5) is 11.0. The summed E-state index contributed by atoms with van der Waals surface area (Å²) in [7, 11) is 10.6. The molecule has 3 nitrogen and oxygen atoms in total. The highest BCUT2D eigenvalue weighted by Crippen LogP contribution is 2.07. The lowest BCUT2D eigenvalue weighted by Gasteiger charge is -2.23. The lowest BCUT2D eigenvalue weighted by molar-refractivity contribution is 0.0529. The zero-order chi connectivity index (χ0) is 10.7. The number of nitrogens with one attached hydrogen (secondary N) is 1. The van der Waals surface area contributed by atoms with Gasteiger partial charge in [0, 0.05) is 6.54 Å². The summed E-state index contributed by atoms with van der Waals surface area (Å²) in [6.07, 6.45) is -0.554. The van der Waals surface area contributed by atoms with Gasteiger partial charge in [0.25, 0.3) is 0 Å². The average Bonchev–Trinajstić information content (AvgIpc) is 1.78. The van der Waals surface area contributed by atoms with E-state index in [1.807, 2.05) is 0 Å². The summed E-state index contributed by atoms with van der Waals surface area (Å²) in [5.74, 6) is 0. The molecule has 0 atom stereocenters. The molecule has 0 fully saturated rings. The van der Waals surface area contributed by atoms with E-state index in [2.05, 4.69) is 17.9 Å². The van der Waals surface area contributed by atoms with Crippen molar-refractivity contribution in [2.75, 3.05) is 6.54 Å². The minimum atomic E-state index is -1.21. The highest BCUT2D eigenvalue weighted by molar-refractivity contribution is 7.84. The number of rotatable bonds is 2. The van der Waals surface area contributed by atoms with Crippen LogP contribution in [0, 0.1) is 0 Å². The fraction of sp³-hybridized carbons (Fsp3) is 0.857. The monoisotopic (exact) mass is 197 g/mol. The molecule has 13 heavy (non-hydrogen) atoms. The number of hydrogen-bond acceptors (Lipinski definition) is 3. The minimum absolute atomic E-state index is 0.0467. The molecule has 0 spiro atoms. The van der Waals surface area contributed by atoms with E-state index in [9.17, 15) is 4.79 Å². The Kier molecular flexibility index (Phi) is 4.23. The Morgan fingerprint density at radius 2 is 1.92 bits per heavy atom. The standard InChI is InChI=1S/C7H13B2NO2S/c1-6(2,3)12-5(11)10-4-7(8,9)13/h13H,4H2,1-3H3,(H,10,11). The molecule has 1 amide bonds. The zero-order valence-corrected chi connectivity index (χ0v) is 9.02. The second kappa shape index (κ2) is 4.31. The Hall–Kier alpha value is -0.250. The van der Waals surface area contributed by atoms with E-state index >= 15 is 0 Å². The van der Waals surface area contributed by atoms with Crippen molar-refractivity contribution >= 4 is 34.4 Å². The summed E-state index contributed by atoms with van der Waals surface area (Å²) in [5.41, 5.74) is -0.521. The summed E-state index contributed by atoms with van der Waals surface area (Å²) in [5, 5.41) is 2.39. The molecule has 0 saturated heterocycles. The van der Waals surface area contributed by atoms with Crippen LogP contribution in [0.3, 0.4) is 0 Å². The van der Waals surface area contributed by atoms with Crippen LogP contribution >= 0.6 is 12.6 Å². The van der Waals surface area contributed by atoms with Gasteiger partial charge in [0.15, 0.2) is 0 Å². The van der Waals surface area contributed by atoms with Crippen LogP contribution in [0.2, 0.25) is 0 Å². The lowest BCUT2D eigenvalue weighted by Crippen LogP contribution is -2.42. The Labute approximate surface area is 87.2 Å². The fourth-order valence-corrected chi connectivity index (χ4v) is 0.607. The van der Waals surface area contributed by atoms with Crippen LogP contribution in [-0.2, 0) is 4.74 Å². The number of hydrogen-bond donors (Lipinski definition) is 2. The van der Waals surface area contributed by atoms with Crippen LogP contribution in [-0.4, -0.2) is 38.5 Å². The maximum atomic E-state index is 11.0. The molecule has 0 aliphatic carbocycles. The summed E-state index contributed by atoms with van der Waals surface area (Å²) in [6.45, 7) is 5.35. The van der Waals surface area contributed by atoms with Gasteiger partial charge in [0.1, 0.15) is 5.60 Å². The number of thiol groups is 1. The topological polar surface area (TPSA) is 38.3 Å². The smallest absolute Gasteiger partial charge is 0.407 e. The van der Waals surface area contributed by atoms with Gasteiger partial charge >= 0.3 is 6.09 Å². The molecule has 0 aromatic rings. The summed E-state index contributed by atoms with van der Waals surface area (Å²) < 4.78 is 3.73. The van der Waals surface area contributed by atoms with E-state index in [0.29, 0.717) is 0 Å². The number of carbonyl (C=O) groups excluding carboxylic acids is 1. The molecule has 0 heterocycles. The molecular weight excluding hydrogens is 184 g/mol. The number of alkyl carbamates (subject to hydrolysis) is 1. The highest BCUT2D eigenvalue weighted by Gasteiger charge is 2.18. The first-order valence-electron chi connectivity index (χ1n) is 3.87. The molecule has 0 saturated carbocycles. The van der Waals surface area contributed by atoms with Gasteiger partial charge in [0.05, 0.1) is 15.7 Å². The molecule has 0 aliphatic heterocycles. The van der Waals surface area contributed by atoms with Crippen LogP contribution in [0.25, 0.3) is 0 Å². The molecule has 0 rings (SSSR count). The Morgan fingerprint density at radius 3 is 2.23 bits per heavy atom. The van der Waals surface area contributed by atoms with Crippen molar-refractivity contribution in [3.05, 3.63) is 0 Å². The second-order valence-corrected chi connectivity index (χ2v) is 4.68. The van der Waals surface area contributed by atoms with Crippen molar-refractivity contribution in [1.29, 1.82) is 0 Å². The van der Waals surface area contributed by atoms with Gasteiger partial charge in [-0.2, -0.15) is 12.6 Å². The zero-order valence-electron chi connectivity index (χ0n) is 8.13. The second-order valence-electron chi connectivity index (χ2n) is 3.85. The lowest BCUT2D eigenvalue weighted by atomic mass is 9.69. The Bertz CT molecular complexity index is 186. The molecular formula is C7H13B2NO2S. The molecule has 4 radical (unpaired) electrons. The molecule has 0 bridgehead atoms. The predicted octanol–water partition coefficient (Wildman–Crippen LogP) is 0.432. The third-order valence-corrected chi connectivity index (χ3v) is 1.07. The van der Waals surface area contributed by atoms with Gasteiger partial charge in [-0.25, -0.2) is 4.79 Å². The largest absolute Gasteiger partial charge is 0.444 e. The van der Waals surface area contributed by atoms with Crippen molar-refractivity contribution in [3.8, 4) is 0 Å². The molecule has 1 N–H and O–H groups in total. The SMILES string of the molecule is [B]C([B])(S)CNC(=O)OC(C)(C)C. The molecule has 0 aromatic heterocycles. The third kappa shape index (κ3) is 9.67. The van der Waals surface area contributed by atoms with Crippen LogP contribution in [0.15, 0.2) is 0 Å². The van der Waals surface area contributed by atoms with Gasteiger partial charge in [-0.05, 0) is 25.3 Å². The van der Waals surface area contributed by atoms with E-state index in [0.717, 1.165) is 0 Å². The predicted molar refractivity (Wildman–Crippen MR) is 57.5 cm³/mol. The van der Waals surface area contributed by atoms with Crippen LogP contribution in [0.5, 0.6) is 0 Å². The summed E-state index contributed by atoms with van der Waals surface area (Å²) >= 11 is 3.83. The molecule has 0 aromatic carbocycles. The van der Waals surface area contributed by atoms with E-state index in [1.54, 1.807) is 20.8 Å². The molecule has 0 unspecified atom stereocenters. The first-order valence-corrected chi connectivity index (χ1v) is 4.32. The van der Waals surface area contributed by atoms with E-state index in [1.165, 1.54) is 0 Å². The normalized spacial score (nSPS) is 12.3. The quantitative estimate of drug-likeness (QED) is 0.497. The van der Waals surface area contributed by atoms with Gasteiger partial charge in [-0.3, -0.25) is 0 Å². The minimum Gasteiger partial charge on any atom is -0.444 e. The highest BCUT2D eigenvalue weighted by atomic mass is 32.1. The average molecular weight is 197 g/mol. The summed E-state index contributed by atoms with van der Waals surface area (Å²) in [6, 6.07) is 0. The van der Waals surface area contributed by atoms with Crippen molar-refractivity contribution in [2.24, 2.45) is 0 Å². The van der Waals surface area contributed by atoms with Gasteiger partial charge in [0.2, 0.25) is 0 Å². The van der Waals surface area contributed by atoms with Gasteiger partial charge in [-0.1, -0.05) is 0 Å². The van der Waals surface area contributed by atoms with Crippen molar-refractivity contribution < 1.29 is 9.53 Å². The van der Waals surface area contributed by atoms with Crippen LogP contribution in [0.4, 0.5) is 4.79 Å². The Morgan fingerprint density at radius 1 is 1.46 bits per heavy atom. The van der Waals surface area contributed by atoms with Gasteiger partial charge < -0.3 is 10.1 Å². The van der Waals surface area contributed by atoms with Gasteiger partial charge in [-0.15, -0.1) is 0 Å². The Balaban J connectivity index is 3.78. The van der Waals surface area contributed by atoms with E-state index < -0.39 is 16.2 Å². The maximum Gasteiger partial charge on any atom is 0.407 e. The maximum absolute atomic E-state index is 11.0. The molecule has 0 aliphatic rings. The number of carbonyl (C=O) groups is 1. The third-order valence-electron chi connectivity index (χ3n) is 0.915. The van der Waals surface area contributed by atoms with Crippen molar-refractivity contribution in [2.45, 2.75) is 30.9 Å². The van der Waals surface area contributed by atoms with Crippen molar-refractivity contribution in [1.82, 2.24) is 5.32 Å². The molecule has 6 heteroatoms. The van der Waals surface area contributed by atoms with E-state index in [4.69, 9.17) is 20.4 Å². The van der Waals surface area contributed by atoms with E-state index in [-0.39, 0.29) is 6.54 Å². The number of ether oxygens (including phenoxy) is 1. The van der Waals surface area contributed by atoms with Crippen LogP contribution < -0.4 is 5.32 Å². The first kappa shape index (κ1) is 12.7. The first-order chi connectivity index (χ1) is 5.60. The van der Waals surface area contributed by atoms with Crippen LogP contribution in [0.1, 0.15) is 20.8 Å².